The molecule has 0 saturated carbocycles. The van der Waals surface area contributed by atoms with Gasteiger partial charge in [-0.3, -0.25) is 10.1 Å². The predicted molar refractivity (Wildman–Crippen MR) is 125 cm³/mol. The molecule has 190 valence electrons. The van der Waals surface area contributed by atoms with Crippen molar-refractivity contribution in [2.75, 3.05) is 13.7 Å². The lowest BCUT2D eigenvalue weighted by Crippen LogP contribution is -2.51. The molecule has 2 N–H and O–H groups in total. The largest absolute Gasteiger partial charge is 0.497 e. The van der Waals surface area contributed by atoms with Crippen molar-refractivity contribution in [2.45, 2.75) is 46.3 Å². The van der Waals surface area contributed by atoms with Gasteiger partial charge in [0.25, 0.3) is 0 Å². The highest BCUT2D eigenvalue weighted by molar-refractivity contribution is 5.93. The maximum atomic E-state index is 13.8. The second-order valence-corrected chi connectivity index (χ2v) is 7.97. The van der Waals surface area contributed by atoms with E-state index >= 15 is 0 Å². The van der Waals surface area contributed by atoms with Gasteiger partial charge in [0.05, 0.1) is 19.2 Å². The number of carbonyl (C=O) groups is 3. The van der Waals surface area contributed by atoms with E-state index in [1.807, 2.05) is 0 Å². The lowest BCUT2D eigenvalue weighted by molar-refractivity contribution is -0.134. The van der Waals surface area contributed by atoms with E-state index in [1.165, 1.54) is 25.3 Å². The minimum absolute atomic E-state index is 0.0912. The predicted octanol–water partition coefficient (Wildman–Crippen LogP) is 3.46. The number of amides is 2. The molecule has 0 spiro atoms. The molecule has 9 nitrogen and oxygen atoms in total. The Balaban J connectivity index is 2.01. The van der Waals surface area contributed by atoms with Crippen molar-refractivity contribution < 1.29 is 38.1 Å². The Hall–Kier alpha value is -3.50. The molecule has 2 unspecified atom stereocenters. The van der Waals surface area contributed by atoms with Gasteiger partial charge in [0, 0.05) is 5.92 Å². The first-order valence-corrected chi connectivity index (χ1v) is 11.2. The van der Waals surface area contributed by atoms with E-state index < -0.39 is 48.7 Å². The van der Waals surface area contributed by atoms with Gasteiger partial charge in [-0.1, -0.05) is 45.0 Å². The van der Waals surface area contributed by atoms with Crippen LogP contribution in [0.5, 0.6) is 5.75 Å². The van der Waals surface area contributed by atoms with E-state index in [0.29, 0.717) is 11.3 Å². The first-order valence-electron chi connectivity index (χ1n) is 11.2. The molecule has 0 fully saturated rings. The number of hydrogen-bond donors (Lipinski definition) is 2. The van der Waals surface area contributed by atoms with Crippen LogP contribution in [0.2, 0.25) is 0 Å². The van der Waals surface area contributed by atoms with Crippen LogP contribution in [0.3, 0.4) is 0 Å². The number of nitrogens with zero attached hydrogens (tertiary/aromatic N) is 1. The Bertz CT molecular complexity index is 998. The van der Waals surface area contributed by atoms with E-state index in [2.05, 4.69) is 5.32 Å². The molecule has 0 aliphatic rings. The van der Waals surface area contributed by atoms with Gasteiger partial charge in [0.15, 0.2) is 6.23 Å². The summed E-state index contributed by atoms with van der Waals surface area (Å²) >= 11 is 0. The average molecular weight is 491 g/mol. The molecular formula is C25H31FN2O7. The lowest BCUT2D eigenvalue weighted by atomic mass is 10.2. The molecule has 0 radical (unpaired) electrons. The minimum atomic E-state index is -1.44. The smallest absolute Gasteiger partial charge is 0.416 e. The van der Waals surface area contributed by atoms with Crippen molar-refractivity contribution in [1.29, 1.82) is 0 Å². The Kier molecular flexibility index (Phi) is 10.6. The molecule has 2 atom stereocenters. The molecular weight excluding hydrogens is 459 g/mol. The number of aliphatic hydroxyl groups is 1. The second-order valence-electron chi connectivity index (χ2n) is 7.97. The van der Waals surface area contributed by atoms with E-state index in [9.17, 15) is 23.9 Å². The zero-order valence-electron chi connectivity index (χ0n) is 20.2. The summed E-state index contributed by atoms with van der Waals surface area (Å²) in [7, 11) is 1.54. The van der Waals surface area contributed by atoms with Gasteiger partial charge in [-0.15, -0.1) is 0 Å². The number of halogens is 1. The van der Waals surface area contributed by atoms with Gasteiger partial charge in [0.2, 0.25) is 5.91 Å². The Labute approximate surface area is 203 Å². The summed E-state index contributed by atoms with van der Waals surface area (Å²) in [6.45, 7) is 4.35. The SMILES string of the molecule is CCC(NC(O)CN(C(=O)OCc1ccc(OC)cc1)C(=O)C(C)C)OC(=O)c1ccccc1F. The van der Waals surface area contributed by atoms with E-state index in [1.54, 1.807) is 45.0 Å². The summed E-state index contributed by atoms with van der Waals surface area (Å²) in [6.07, 6.45) is -3.14. The zero-order chi connectivity index (χ0) is 26.0. The first kappa shape index (κ1) is 27.7. The number of esters is 1. The van der Waals surface area contributed by atoms with Crippen molar-refractivity contribution in [2.24, 2.45) is 5.92 Å². The normalized spacial score (nSPS) is 12.5. The molecule has 0 bridgehead atoms. The highest BCUT2D eigenvalue weighted by Crippen LogP contribution is 2.14. The van der Waals surface area contributed by atoms with E-state index in [4.69, 9.17) is 14.2 Å². The molecule has 2 aromatic carbocycles. The summed E-state index contributed by atoms with van der Waals surface area (Å²) in [5, 5.41) is 13.1. The molecule has 2 rings (SSSR count). The number of carbonyl (C=O) groups excluding carboxylic acids is 3. The topological polar surface area (TPSA) is 114 Å². The van der Waals surface area contributed by atoms with Crippen molar-refractivity contribution >= 4 is 18.0 Å². The van der Waals surface area contributed by atoms with Crippen molar-refractivity contribution in [3.8, 4) is 5.75 Å². The molecule has 35 heavy (non-hydrogen) atoms. The van der Waals surface area contributed by atoms with Crippen molar-refractivity contribution in [3.05, 3.63) is 65.5 Å². The van der Waals surface area contributed by atoms with Gasteiger partial charge >= 0.3 is 12.1 Å². The number of ether oxygens (including phenoxy) is 3. The number of hydrogen-bond acceptors (Lipinski definition) is 8. The Morgan fingerprint density at radius 1 is 1.09 bits per heavy atom. The molecule has 0 heterocycles. The fraction of sp³-hybridized carbons (Fsp3) is 0.400. The number of aliphatic hydroxyl groups excluding tert-OH is 1. The second kappa shape index (κ2) is 13.4. The summed E-state index contributed by atoms with van der Waals surface area (Å²) in [4.78, 5) is 38.3. The van der Waals surface area contributed by atoms with E-state index in [-0.39, 0.29) is 18.6 Å². The Morgan fingerprint density at radius 3 is 2.31 bits per heavy atom. The van der Waals surface area contributed by atoms with Crippen LogP contribution in [0.4, 0.5) is 9.18 Å². The lowest BCUT2D eigenvalue weighted by Gasteiger charge is -2.27. The monoisotopic (exact) mass is 490 g/mol. The van der Waals surface area contributed by atoms with E-state index in [0.717, 1.165) is 11.0 Å². The third-order valence-electron chi connectivity index (χ3n) is 4.95. The Morgan fingerprint density at radius 2 is 1.74 bits per heavy atom. The van der Waals surface area contributed by atoms with Gasteiger partial charge in [0.1, 0.15) is 24.4 Å². The molecule has 2 aromatic rings. The third-order valence-corrected chi connectivity index (χ3v) is 4.95. The van der Waals surface area contributed by atoms with Crippen LogP contribution in [0, 0.1) is 11.7 Å². The maximum absolute atomic E-state index is 13.8. The standard InChI is InChI=1S/C25H31FN2O7/c1-5-22(35-24(31)19-8-6-7-9-20(19)26)27-21(29)14-28(23(30)16(2)3)25(32)34-15-17-10-12-18(33-4)13-11-17/h6-13,16,21-22,27,29H,5,14-15H2,1-4H3. The van der Waals surface area contributed by atoms with Crippen LogP contribution >= 0.6 is 0 Å². The van der Waals surface area contributed by atoms with Gasteiger partial charge in [-0.05, 0) is 36.2 Å². The van der Waals surface area contributed by atoms with Crippen molar-refractivity contribution in [1.82, 2.24) is 10.2 Å². The number of rotatable bonds is 11. The molecule has 10 heteroatoms. The number of benzene rings is 2. The van der Waals surface area contributed by atoms with Crippen LogP contribution < -0.4 is 10.1 Å². The first-order chi connectivity index (χ1) is 16.7. The highest BCUT2D eigenvalue weighted by Gasteiger charge is 2.29. The van der Waals surface area contributed by atoms with Gasteiger partial charge in [-0.25, -0.2) is 18.9 Å². The zero-order valence-corrected chi connectivity index (χ0v) is 20.2. The average Bonchev–Trinajstić information content (AvgIpc) is 2.85. The van der Waals surface area contributed by atoms with Crippen LogP contribution in [0.1, 0.15) is 43.1 Å². The maximum Gasteiger partial charge on any atom is 0.416 e. The van der Waals surface area contributed by atoms with Crippen LogP contribution in [-0.2, 0) is 20.9 Å². The van der Waals surface area contributed by atoms with Crippen LogP contribution in [-0.4, -0.2) is 54.1 Å². The highest BCUT2D eigenvalue weighted by atomic mass is 19.1. The third kappa shape index (κ3) is 8.34. The number of imide groups is 1. The molecule has 0 saturated heterocycles. The molecule has 2 amide bonds. The minimum Gasteiger partial charge on any atom is -0.497 e. The fourth-order valence-electron chi connectivity index (χ4n) is 3.01. The van der Waals surface area contributed by atoms with Gasteiger partial charge in [-0.2, -0.15) is 0 Å². The number of nitrogens with one attached hydrogen (secondary N) is 1. The summed E-state index contributed by atoms with van der Waals surface area (Å²) in [6, 6.07) is 12.2. The quantitative estimate of drug-likeness (QED) is 0.364. The van der Waals surface area contributed by atoms with Crippen LogP contribution in [0.25, 0.3) is 0 Å². The number of methoxy groups -OCH3 is 1. The molecule has 0 aromatic heterocycles. The van der Waals surface area contributed by atoms with Crippen LogP contribution in [0.15, 0.2) is 48.5 Å². The fourth-order valence-corrected chi connectivity index (χ4v) is 3.01. The summed E-state index contributed by atoms with van der Waals surface area (Å²) in [5.41, 5.74) is 0.432. The van der Waals surface area contributed by atoms with Gasteiger partial charge < -0.3 is 19.3 Å². The molecule has 0 aliphatic heterocycles. The molecule has 0 aliphatic carbocycles. The summed E-state index contributed by atoms with van der Waals surface area (Å²) < 4.78 is 29.4. The summed E-state index contributed by atoms with van der Waals surface area (Å²) in [5.74, 6) is -2.10. The van der Waals surface area contributed by atoms with Crippen molar-refractivity contribution in [3.63, 3.8) is 0 Å².